The van der Waals surface area contributed by atoms with Gasteiger partial charge >= 0.3 is 23.9 Å². The third-order valence-electron chi connectivity index (χ3n) is 4.18. The number of carbonyl (C=O) groups excluding carboxylic acids is 4. The zero-order valence-electron chi connectivity index (χ0n) is 14.7. The summed E-state index contributed by atoms with van der Waals surface area (Å²) in [4.78, 5) is 47.7. The summed E-state index contributed by atoms with van der Waals surface area (Å²) in [6.07, 6.45) is -2.52. The van der Waals surface area contributed by atoms with E-state index in [1.165, 1.54) is 27.7 Å². The van der Waals surface area contributed by atoms with Gasteiger partial charge in [-0.15, -0.1) is 0 Å². The zero-order valence-corrected chi connectivity index (χ0v) is 14.7. The Morgan fingerprint density at radius 1 is 0.720 bits per heavy atom. The molecule has 2 aliphatic rings. The normalized spacial score (nSPS) is 31.6. The Labute approximate surface area is 145 Å². The van der Waals surface area contributed by atoms with E-state index < -0.39 is 54.3 Å². The minimum atomic E-state index is -0.819. The fraction of sp³-hybridized carbons (Fsp3) is 0.750. The van der Waals surface area contributed by atoms with Crippen LogP contribution in [0, 0.1) is 0 Å². The Balaban J connectivity index is 2.31. The first-order valence-electron chi connectivity index (χ1n) is 8.12. The number of piperidine rings is 1. The summed E-state index contributed by atoms with van der Waals surface area (Å²) < 4.78 is 21.3. The van der Waals surface area contributed by atoms with E-state index in [2.05, 4.69) is 0 Å². The highest BCUT2D eigenvalue weighted by Gasteiger charge is 2.55. The Morgan fingerprint density at radius 3 is 1.64 bits per heavy atom. The number of hydrogen-bond acceptors (Lipinski definition) is 9. The number of ether oxygens (including phenoxy) is 4. The van der Waals surface area contributed by atoms with E-state index in [-0.39, 0.29) is 0 Å². The molecular formula is C16H23NO8. The van der Waals surface area contributed by atoms with Crippen molar-refractivity contribution in [3.05, 3.63) is 0 Å². The van der Waals surface area contributed by atoms with Gasteiger partial charge in [-0.2, -0.15) is 0 Å². The smallest absolute Gasteiger partial charge is 0.303 e. The van der Waals surface area contributed by atoms with Crippen LogP contribution in [-0.2, 0) is 38.1 Å². The molecule has 0 aliphatic carbocycles. The molecule has 0 unspecified atom stereocenters. The molecule has 0 saturated carbocycles. The minimum absolute atomic E-state index is 0.340. The van der Waals surface area contributed by atoms with Crippen LogP contribution in [0.1, 0.15) is 34.1 Å². The summed E-state index contributed by atoms with van der Waals surface area (Å²) in [6, 6.07) is -0.560. The highest BCUT2D eigenvalue weighted by Crippen LogP contribution is 2.34. The molecule has 2 saturated heterocycles. The van der Waals surface area contributed by atoms with Crippen molar-refractivity contribution in [3.8, 4) is 0 Å². The summed E-state index contributed by atoms with van der Waals surface area (Å²) >= 11 is 0. The van der Waals surface area contributed by atoms with Crippen molar-refractivity contribution in [2.45, 2.75) is 64.6 Å². The van der Waals surface area contributed by atoms with E-state index in [9.17, 15) is 19.2 Å². The van der Waals surface area contributed by atoms with Crippen molar-refractivity contribution in [2.75, 3.05) is 13.1 Å². The Kier molecular flexibility index (Phi) is 5.99. The lowest BCUT2D eigenvalue weighted by atomic mass is 9.93. The zero-order chi connectivity index (χ0) is 18.7. The second kappa shape index (κ2) is 7.81. The maximum Gasteiger partial charge on any atom is 0.303 e. The maximum absolute atomic E-state index is 11.5. The molecule has 0 aromatic heterocycles. The fourth-order valence-electron chi connectivity index (χ4n) is 3.53. The molecule has 0 spiro atoms. The molecule has 140 valence electrons. The van der Waals surface area contributed by atoms with Crippen LogP contribution >= 0.6 is 0 Å². The van der Waals surface area contributed by atoms with Crippen molar-refractivity contribution >= 4 is 23.9 Å². The second-order valence-electron chi connectivity index (χ2n) is 6.22. The van der Waals surface area contributed by atoms with E-state index in [0.29, 0.717) is 19.5 Å². The van der Waals surface area contributed by atoms with Crippen molar-refractivity contribution < 1.29 is 38.1 Å². The maximum atomic E-state index is 11.5. The molecule has 0 N–H and O–H groups in total. The van der Waals surface area contributed by atoms with Crippen molar-refractivity contribution in [2.24, 2.45) is 0 Å². The average molecular weight is 357 g/mol. The van der Waals surface area contributed by atoms with Gasteiger partial charge in [0.05, 0.1) is 6.04 Å². The molecule has 0 aromatic rings. The summed E-state index contributed by atoms with van der Waals surface area (Å²) in [6.45, 7) is 5.91. The van der Waals surface area contributed by atoms with Gasteiger partial charge < -0.3 is 18.9 Å². The number of carbonyl (C=O) groups is 4. The first-order chi connectivity index (χ1) is 11.7. The Morgan fingerprint density at radius 2 is 1.16 bits per heavy atom. The first kappa shape index (κ1) is 19.2. The molecular weight excluding hydrogens is 334 g/mol. The second-order valence-corrected chi connectivity index (χ2v) is 6.22. The molecule has 5 atom stereocenters. The summed E-state index contributed by atoms with van der Waals surface area (Å²) in [7, 11) is 0. The Hall–Kier alpha value is -2.16. The molecule has 2 fully saturated rings. The van der Waals surface area contributed by atoms with E-state index in [0.717, 1.165) is 0 Å². The first-order valence-corrected chi connectivity index (χ1v) is 8.12. The monoisotopic (exact) mass is 357 g/mol. The van der Waals surface area contributed by atoms with Gasteiger partial charge in [-0.3, -0.25) is 24.1 Å². The standard InChI is InChI=1S/C16H23NO8/c1-8(18)22-12-5-6-17-7-13(23-9(2)19)16(25-11(4)21)14(17)15(12)24-10(3)20/h12-16H,5-7H2,1-4H3/t12-,13+,14+,15+,16+/m0/s1. The van der Waals surface area contributed by atoms with Crippen LogP contribution in [-0.4, -0.2) is 72.3 Å². The van der Waals surface area contributed by atoms with E-state index in [4.69, 9.17) is 18.9 Å². The topological polar surface area (TPSA) is 108 Å². The number of rotatable bonds is 4. The average Bonchev–Trinajstić information content (AvgIpc) is 2.77. The predicted octanol–water partition coefficient (Wildman–Crippen LogP) is -0.199. The quantitative estimate of drug-likeness (QED) is 0.499. The van der Waals surface area contributed by atoms with Gasteiger partial charge in [0.15, 0.2) is 18.3 Å². The molecule has 0 bridgehead atoms. The number of fused-ring (bicyclic) bond motifs is 1. The third kappa shape index (κ3) is 4.68. The molecule has 25 heavy (non-hydrogen) atoms. The largest absolute Gasteiger partial charge is 0.458 e. The lowest BCUT2D eigenvalue weighted by Crippen LogP contribution is -2.58. The van der Waals surface area contributed by atoms with Crippen LogP contribution in [0.5, 0.6) is 0 Å². The molecule has 9 heteroatoms. The lowest BCUT2D eigenvalue weighted by Gasteiger charge is -2.41. The SMILES string of the molecule is CC(=O)O[C@H]1[C@@H]2[C@H](OC(C)=O)[C@H](OC(C)=O)CN2CC[C@@H]1OC(C)=O. The van der Waals surface area contributed by atoms with Crippen molar-refractivity contribution in [1.82, 2.24) is 4.90 Å². The van der Waals surface area contributed by atoms with Gasteiger partial charge in [0.1, 0.15) is 6.10 Å². The highest BCUT2D eigenvalue weighted by molar-refractivity contribution is 5.68. The van der Waals surface area contributed by atoms with Crippen LogP contribution < -0.4 is 0 Å². The van der Waals surface area contributed by atoms with Gasteiger partial charge in [0, 0.05) is 47.2 Å². The predicted molar refractivity (Wildman–Crippen MR) is 82.2 cm³/mol. The third-order valence-corrected chi connectivity index (χ3v) is 4.18. The van der Waals surface area contributed by atoms with Crippen LogP contribution in [0.3, 0.4) is 0 Å². The summed E-state index contributed by atoms with van der Waals surface area (Å²) in [5.74, 6) is -2.07. The van der Waals surface area contributed by atoms with Crippen molar-refractivity contribution in [1.29, 1.82) is 0 Å². The van der Waals surface area contributed by atoms with Crippen LogP contribution in [0.2, 0.25) is 0 Å². The Bertz CT molecular complexity index is 548. The minimum Gasteiger partial charge on any atom is -0.458 e. The summed E-state index contributed by atoms with van der Waals surface area (Å²) in [5, 5.41) is 0. The number of esters is 4. The van der Waals surface area contributed by atoms with Gasteiger partial charge in [0.2, 0.25) is 0 Å². The number of nitrogens with zero attached hydrogens (tertiary/aromatic N) is 1. The molecule has 2 rings (SSSR count). The molecule has 2 heterocycles. The molecule has 0 amide bonds. The van der Waals surface area contributed by atoms with Crippen LogP contribution in [0.4, 0.5) is 0 Å². The molecule has 0 aromatic carbocycles. The summed E-state index contributed by atoms with van der Waals surface area (Å²) in [5.41, 5.74) is 0. The van der Waals surface area contributed by atoms with Gasteiger partial charge in [-0.05, 0) is 0 Å². The van der Waals surface area contributed by atoms with E-state index >= 15 is 0 Å². The van der Waals surface area contributed by atoms with Crippen molar-refractivity contribution in [3.63, 3.8) is 0 Å². The highest BCUT2D eigenvalue weighted by atomic mass is 16.6. The van der Waals surface area contributed by atoms with Crippen LogP contribution in [0.25, 0.3) is 0 Å². The molecule has 2 aliphatic heterocycles. The molecule has 9 nitrogen and oxygen atoms in total. The molecule has 0 radical (unpaired) electrons. The van der Waals surface area contributed by atoms with Crippen LogP contribution in [0.15, 0.2) is 0 Å². The fourth-order valence-corrected chi connectivity index (χ4v) is 3.53. The number of hydrogen-bond donors (Lipinski definition) is 0. The van der Waals surface area contributed by atoms with Gasteiger partial charge in [0.25, 0.3) is 0 Å². The van der Waals surface area contributed by atoms with Gasteiger partial charge in [-0.1, -0.05) is 0 Å². The lowest BCUT2D eigenvalue weighted by molar-refractivity contribution is -0.185. The van der Waals surface area contributed by atoms with E-state index in [1.54, 1.807) is 0 Å². The van der Waals surface area contributed by atoms with E-state index in [1.807, 2.05) is 4.90 Å². The van der Waals surface area contributed by atoms with Gasteiger partial charge in [-0.25, -0.2) is 0 Å².